The van der Waals surface area contributed by atoms with E-state index in [0.29, 0.717) is 19.7 Å². The third kappa shape index (κ3) is 3.90. The van der Waals surface area contributed by atoms with E-state index in [4.69, 9.17) is 15.6 Å². The Morgan fingerprint density at radius 3 is 2.84 bits per heavy atom. The third-order valence-corrected chi connectivity index (χ3v) is 3.09. The highest BCUT2D eigenvalue weighted by Crippen LogP contribution is 2.14. The maximum absolute atomic E-state index is 12.0. The van der Waals surface area contributed by atoms with Crippen molar-refractivity contribution in [2.24, 2.45) is 0 Å². The van der Waals surface area contributed by atoms with E-state index in [1.165, 1.54) is 11.0 Å². The first-order valence-corrected chi connectivity index (χ1v) is 6.34. The molecule has 1 aliphatic heterocycles. The van der Waals surface area contributed by atoms with Gasteiger partial charge in [-0.1, -0.05) is 0 Å². The van der Waals surface area contributed by atoms with Crippen molar-refractivity contribution in [3.05, 3.63) is 6.33 Å². The van der Waals surface area contributed by atoms with Crippen LogP contribution in [0.2, 0.25) is 0 Å². The number of hydrogen-bond acceptors (Lipinski definition) is 6. The first-order chi connectivity index (χ1) is 9.19. The van der Waals surface area contributed by atoms with E-state index >= 15 is 0 Å². The lowest BCUT2D eigenvalue weighted by Crippen LogP contribution is -2.42. The number of carbonyl (C=O) groups is 1. The van der Waals surface area contributed by atoms with Crippen LogP contribution in [-0.2, 0) is 16.1 Å². The molecular weight excluding hydrogens is 250 g/mol. The number of ether oxygens (including phenoxy) is 1. The van der Waals surface area contributed by atoms with Crippen LogP contribution in [-0.4, -0.2) is 63.1 Å². The number of nitrogens with zero attached hydrogens (tertiary/aromatic N) is 4. The van der Waals surface area contributed by atoms with Gasteiger partial charge in [0, 0.05) is 13.1 Å². The van der Waals surface area contributed by atoms with Crippen molar-refractivity contribution in [1.29, 1.82) is 0 Å². The fourth-order valence-corrected chi connectivity index (χ4v) is 2.12. The van der Waals surface area contributed by atoms with Crippen molar-refractivity contribution < 1.29 is 14.6 Å². The number of anilines is 1. The minimum atomic E-state index is 0.00510. The van der Waals surface area contributed by atoms with E-state index < -0.39 is 0 Å². The molecule has 0 atom stereocenters. The molecule has 0 aromatic carbocycles. The average Bonchev–Trinajstić information content (AvgIpc) is 2.82. The molecule has 19 heavy (non-hydrogen) atoms. The highest BCUT2D eigenvalue weighted by Gasteiger charge is 2.23. The van der Waals surface area contributed by atoms with Gasteiger partial charge in [-0.15, -0.1) is 5.10 Å². The van der Waals surface area contributed by atoms with Crippen LogP contribution in [0.3, 0.4) is 0 Å². The molecule has 8 heteroatoms. The minimum absolute atomic E-state index is 0.00510. The summed E-state index contributed by atoms with van der Waals surface area (Å²) in [6.45, 7) is 1.88. The number of carbonyl (C=O) groups excluding carboxylic acids is 1. The molecule has 106 valence electrons. The zero-order chi connectivity index (χ0) is 13.7. The third-order valence-electron chi connectivity index (χ3n) is 3.09. The average molecular weight is 269 g/mol. The molecular formula is C11H19N5O3. The Morgan fingerprint density at radius 2 is 2.26 bits per heavy atom. The Balaban J connectivity index is 1.76. The van der Waals surface area contributed by atoms with Crippen LogP contribution in [0.4, 0.5) is 5.95 Å². The number of aliphatic hydroxyl groups is 1. The number of nitrogens with two attached hydrogens (primary N) is 1. The molecule has 0 saturated carbocycles. The zero-order valence-electron chi connectivity index (χ0n) is 10.7. The van der Waals surface area contributed by atoms with Crippen LogP contribution >= 0.6 is 0 Å². The van der Waals surface area contributed by atoms with E-state index in [-0.39, 0.29) is 31.1 Å². The molecule has 1 aromatic heterocycles. The second-order valence-corrected chi connectivity index (χ2v) is 4.47. The highest BCUT2D eigenvalue weighted by molar-refractivity contribution is 5.76. The topological polar surface area (TPSA) is 106 Å². The van der Waals surface area contributed by atoms with E-state index in [1.54, 1.807) is 4.90 Å². The van der Waals surface area contributed by atoms with Crippen molar-refractivity contribution in [1.82, 2.24) is 19.7 Å². The fourth-order valence-electron chi connectivity index (χ4n) is 2.12. The molecule has 1 fully saturated rings. The molecule has 2 rings (SSSR count). The van der Waals surface area contributed by atoms with Gasteiger partial charge in [-0.05, 0) is 12.8 Å². The SMILES string of the molecule is Nc1ncn(CC(=O)N2CCC(OCCO)CC2)n1. The van der Waals surface area contributed by atoms with Gasteiger partial charge in [-0.3, -0.25) is 4.79 Å². The Hall–Kier alpha value is -1.67. The molecule has 8 nitrogen and oxygen atoms in total. The van der Waals surface area contributed by atoms with Gasteiger partial charge in [0.15, 0.2) is 0 Å². The summed E-state index contributed by atoms with van der Waals surface area (Å²) in [5.41, 5.74) is 5.39. The highest BCUT2D eigenvalue weighted by atomic mass is 16.5. The molecule has 3 N–H and O–H groups in total. The molecule has 1 amide bonds. The molecule has 0 spiro atoms. The number of hydrogen-bond donors (Lipinski definition) is 2. The van der Waals surface area contributed by atoms with Crippen LogP contribution in [0, 0.1) is 0 Å². The maximum Gasteiger partial charge on any atom is 0.244 e. The number of amides is 1. The largest absolute Gasteiger partial charge is 0.394 e. The lowest BCUT2D eigenvalue weighted by Gasteiger charge is -2.31. The van der Waals surface area contributed by atoms with Crippen LogP contribution in [0.25, 0.3) is 0 Å². The van der Waals surface area contributed by atoms with E-state index in [2.05, 4.69) is 10.1 Å². The zero-order valence-corrected chi connectivity index (χ0v) is 10.7. The first kappa shape index (κ1) is 13.8. The van der Waals surface area contributed by atoms with Gasteiger partial charge in [0.2, 0.25) is 11.9 Å². The lowest BCUT2D eigenvalue weighted by molar-refractivity contribution is -0.134. The minimum Gasteiger partial charge on any atom is -0.394 e. The predicted molar refractivity (Wildman–Crippen MR) is 67.1 cm³/mol. The number of rotatable bonds is 5. The molecule has 0 aliphatic carbocycles. The smallest absolute Gasteiger partial charge is 0.244 e. The van der Waals surface area contributed by atoms with E-state index in [0.717, 1.165) is 12.8 Å². The number of piperidine rings is 1. The fraction of sp³-hybridized carbons (Fsp3) is 0.727. The van der Waals surface area contributed by atoms with Gasteiger partial charge in [-0.2, -0.15) is 0 Å². The Bertz CT molecular complexity index is 414. The Morgan fingerprint density at radius 1 is 1.53 bits per heavy atom. The van der Waals surface area contributed by atoms with Crippen molar-refractivity contribution in [2.75, 3.05) is 32.0 Å². The number of likely N-dealkylation sites (tertiary alicyclic amines) is 1. The van der Waals surface area contributed by atoms with Crippen LogP contribution in [0.1, 0.15) is 12.8 Å². The predicted octanol–water partition coefficient (Wildman–Crippen LogP) is -1.14. The molecule has 0 radical (unpaired) electrons. The van der Waals surface area contributed by atoms with Crippen LogP contribution < -0.4 is 5.73 Å². The summed E-state index contributed by atoms with van der Waals surface area (Å²) in [5, 5.41) is 12.6. The first-order valence-electron chi connectivity index (χ1n) is 6.34. The van der Waals surface area contributed by atoms with Crippen molar-refractivity contribution in [3.63, 3.8) is 0 Å². The molecule has 1 aliphatic rings. The van der Waals surface area contributed by atoms with Gasteiger partial charge in [0.05, 0.1) is 19.3 Å². The van der Waals surface area contributed by atoms with Gasteiger partial charge in [0.25, 0.3) is 0 Å². The second-order valence-electron chi connectivity index (χ2n) is 4.47. The summed E-state index contributed by atoms with van der Waals surface area (Å²) >= 11 is 0. The van der Waals surface area contributed by atoms with Crippen LogP contribution in [0.15, 0.2) is 6.33 Å². The van der Waals surface area contributed by atoms with E-state index in [1.807, 2.05) is 0 Å². The molecule has 1 aromatic rings. The van der Waals surface area contributed by atoms with Gasteiger partial charge >= 0.3 is 0 Å². The van der Waals surface area contributed by atoms with E-state index in [9.17, 15) is 4.79 Å². The van der Waals surface area contributed by atoms with Crippen molar-refractivity contribution in [3.8, 4) is 0 Å². The van der Waals surface area contributed by atoms with Crippen LogP contribution in [0.5, 0.6) is 0 Å². The summed E-state index contributed by atoms with van der Waals surface area (Å²) in [6, 6.07) is 0. The number of aromatic nitrogens is 3. The summed E-state index contributed by atoms with van der Waals surface area (Å²) in [6.07, 6.45) is 3.18. The molecule has 1 saturated heterocycles. The second kappa shape index (κ2) is 6.48. The summed E-state index contributed by atoms with van der Waals surface area (Å²) in [7, 11) is 0. The van der Waals surface area contributed by atoms with Crippen molar-refractivity contribution >= 4 is 11.9 Å². The van der Waals surface area contributed by atoms with Crippen molar-refractivity contribution in [2.45, 2.75) is 25.5 Å². The summed E-state index contributed by atoms with van der Waals surface area (Å²) < 4.78 is 6.89. The Kier molecular flexibility index (Phi) is 4.69. The van der Waals surface area contributed by atoms with Gasteiger partial charge in [0.1, 0.15) is 12.9 Å². The van der Waals surface area contributed by atoms with Gasteiger partial charge < -0.3 is 20.5 Å². The molecule has 0 bridgehead atoms. The monoisotopic (exact) mass is 269 g/mol. The van der Waals surface area contributed by atoms with Gasteiger partial charge in [-0.25, -0.2) is 9.67 Å². The summed E-state index contributed by atoms with van der Waals surface area (Å²) in [5.74, 6) is 0.175. The number of nitrogen functional groups attached to an aromatic ring is 1. The quantitative estimate of drug-likeness (QED) is 0.700. The Labute approximate surface area is 111 Å². The lowest BCUT2D eigenvalue weighted by atomic mass is 10.1. The molecule has 2 heterocycles. The molecule has 0 unspecified atom stereocenters. The number of aliphatic hydroxyl groups excluding tert-OH is 1. The standard InChI is InChI=1S/C11H19N5O3/c12-11-13-8-16(14-11)7-10(18)15-3-1-9(2-4-15)19-6-5-17/h8-9,17H,1-7H2,(H2,12,14). The maximum atomic E-state index is 12.0. The normalized spacial score (nSPS) is 16.8. The summed E-state index contributed by atoms with van der Waals surface area (Å²) in [4.78, 5) is 17.6.